The van der Waals surface area contributed by atoms with Gasteiger partial charge < -0.3 is 10.5 Å². The summed E-state index contributed by atoms with van der Waals surface area (Å²) in [6.07, 6.45) is 0.950. The quantitative estimate of drug-likeness (QED) is 0.542. The Morgan fingerprint density at radius 3 is 2.91 bits per heavy atom. The van der Waals surface area contributed by atoms with Crippen molar-refractivity contribution in [2.75, 3.05) is 6.61 Å². The van der Waals surface area contributed by atoms with Gasteiger partial charge in [0, 0.05) is 12.3 Å². The molecule has 1 saturated carbocycles. The van der Waals surface area contributed by atoms with Gasteiger partial charge in [-0.25, -0.2) is 0 Å². The molecule has 2 rings (SSSR count). The Balaban J connectivity index is 2.12. The number of ether oxygens (including phenoxy) is 1. The third kappa shape index (κ3) is 0.751. The molecule has 1 aliphatic carbocycles. The minimum absolute atomic E-state index is 0.163. The fraction of sp³-hybridized carbons (Fsp3) is 0.714. The molecule has 4 nitrogen and oxygen atoms in total. The Bertz CT molecular complexity index is 238. The van der Waals surface area contributed by atoms with E-state index in [0.717, 1.165) is 6.42 Å². The number of primary amides is 1. The van der Waals surface area contributed by atoms with Crippen LogP contribution in [0.4, 0.5) is 0 Å². The summed E-state index contributed by atoms with van der Waals surface area (Å²) in [4.78, 5) is 21.6. The van der Waals surface area contributed by atoms with E-state index in [1.54, 1.807) is 0 Å². The zero-order valence-electron chi connectivity index (χ0n) is 6.00. The second-order valence-electron chi connectivity index (χ2n) is 3.30. The maximum atomic E-state index is 11.0. The van der Waals surface area contributed by atoms with Gasteiger partial charge in [0.05, 0.1) is 12.0 Å². The lowest BCUT2D eigenvalue weighted by molar-refractivity contribution is -0.146. The van der Waals surface area contributed by atoms with Gasteiger partial charge in [-0.05, 0) is 6.42 Å². The van der Waals surface area contributed by atoms with Crippen LogP contribution in [0.15, 0.2) is 0 Å². The van der Waals surface area contributed by atoms with Crippen molar-refractivity contribution in [3.8, 4) is 0 Å². The fourth-order valence-electron chi connectivity index (χ4n) is 1.77. The van der Waals surface area contributed by atoms with E-state index in [2.05, 4.69) is 0 Å². The summed E-state index contributed by atoms with van der Waals surface area (Å²) < 4.78 is 4.77. The van der Waals surface area contributed by atoms with E-state index in [9.17, 15) is 9.59 Å². The first-order valence-electron chi connectivity index (χ1n) is 3.61. The predicted molar refractivity (Wildman–Crippen MR) is 35.3 cm³/mol. The summed E-state index contributed by atoms with van der Waals surface area (Å²) in [7, 11) is 0. The lowest BCUT2D eigenvalue weighted by Crippen LogP contribution is -2.23. The summed E-state index contributed by atoms with van der Waals surface area (Å²) >= 11 is 0. The zero-order chi connectivity index (χ0) is 8.06. The van der Waals surface area contributed by atoms with Crippen LogP contribution in [0.1, 0.15) is 12.8 Å². The second kappa shape index (κ2) is 1.75. The Morgan fingerprint density at radius 1 is 1.82 bits per heavy atom. The molecule has 11 heavy (non-hydrogen) atoms. The van der Waals surface area contributed by atoms with Crippen molar-refractivity contribution < 1.29 is 14.3 Å². The highest BCUT2D eigenvalue weighted by Gasteiger charge is 2.66. The highest BCUT2D eigenvalue weighted by Crippen LogP contribution is 2.59. The summed E-state index contributed by atoms with van der Waals surface area (Å²) in [6, 6.07) is 0. The number of hydrogen-bond acceptors (Lipinski definition) is 3. The molecule has 2 fully saturated rings. The monoisotopic (exact) mass is 155 g/mol. The molecule has 2 atom stereocenters. The average Bonchev–Trinajstić information content (AvgIpc) is 2.51. The molecule has 1 heterocycles. The number of esters is 1. The molecule has 0 bridgehead atoms. The van der Waals surface area contributed by atoms with Crippen LogP contribution in [-0.4, -0.2) is 18.5 Å². The molecule has 1 aliphatic heterocycles. The van der Waals surface area contributed by atoms with Gasteiger partial charge in [-0.1, -0.05) is 0 Å². The van der Waals surface area contributed by atoms with E-state index in [4.69, 9.17) is 10.5 Å². The molecule has 0 radical (unpaired) electrons. The van der Waals surface area contributed by atoms with Gasteiger partial charge in [0.15, 0.2) is 0 Å². The Kier molecular flexibility index (Phi) is 1.06. The first kappa shape index (κ1) is 6.64. The van der Waals surface area contributed by atoms with Crippen LogP contribution in [0.25, 0.3) is 0 Å². The first-order valence-corrected chi connectivity index (χ1v) is 3.61. The van der Waals surface area contributed by atoms with Crippen LogP contribution >= 0.6 is 0 Å². The van der Waals surface area contributed by atoms with Gasteiger partial charge in [-0.15, -0.1) is 0 Å². The summed E-state index contributed by atoms with van der Waals surface area (Å²) in [6.45, 7) is 0.478. The SMILES string of the molecule is NC(=O)CC12CC1COC2=O. The van der Waals surface area contributed by atoms with Crippen molar-refractivity contribution in [3.05, 3.63) is 0 Å². The minimum Gasteiger partial charge on any atom is -0.465 e. The van der Waals surface area contributed by atoms with Gasteiger partial charge in [0.25, 0.3) is 0 Å². The van der Waals surface area contributed by atoms with E-state index >= 15 is 0 Å². The molecular weight excluding hydrogens is 146 g/mol. The minimum atomic E-state index is -0.494. The van der Waals surface area contributed by atoms with Gasteiger partial charge in [0.1, 0.15) is 0 Å². The van der Waals surface area contributed by atoms with Crippen molar-refractivity contribution in [2.24, 2.45) is 17.1 Å². The van der Waals surface area contributed by atoms with Crippen molar-refractivity contribution in [2.45, 2.75) is 12.8 Å². The first-order chi connectivity index (χ1) is 5.15. The molecule has 0 aromatic carbocycles. The number of nitrogens with two attached hydrogens (primary N) is 1. The largest absolute Gasteiger partial charge is 0.465 e. The van der Waals surface area contributed by atoms with E-state index in [1.807, 2.05) is 0 Å². The lowest BCUT2D eigenvalue weighted by Gasteiger charge is -2.04. The maximum absolute atomic E-state index is 11.0. The molecule has 1 saturated heterocycles. The Morgan fingerprint density at radius 2 is 2.55 bits per heavy atom. The number of fused-ring (bicyclic) bond motifs is 1. The second-order valence-corrected chi connectivity index (χ2v) is 3.30. The van der Waals surface area contributed by atoms with Crippen LogP contribution in [0.3, 0.4) is 0 Å². The van der Waals surface area contributed by atoms with E-state index < -0.39 is 11.3 Å². The molecule has 60 valence electrons. The summed E-state index contributed by atoms with van der Waals surface area (Å²) in [5.74, 6) is -0.379. The molecular formula is C7H9NO3. The topological polar surface area (TPSA) is 69.4 Å². The number of cyclic esters (lactones) is 1. The molecule has 0 aromatic heterocycles. The standard InChI is InChI=1S/C7H9NO3/c8-5(9)2-7-1-4(7)3-11-6(7)10/h4H,1-3H2,(H2,8,9). The normalized spacial score (nSPS) is 39.6. The van der Waals surface area contributed by atoms with Gasteiger partial charge >= 0.3 is 5.97 Å². The predicted octanol–water partition coefficient (Wildman–Crippen LogP) is -0.575. The van der Waals surface area contributed by atoms with Crippen molar-refractivity contribution in [1.29, 1.82) is 0 Å². The lowest BCUT2D eigenvalue weighted by atomic mass is 10.0. The molecule has 2 aliphatic rings. The van der Waals surface area contributed by atoms with Crippen LogP contribution in [0, 0.1) is 11.3 Å². The Labute approximate surface area is 63.7 Å². The number of carbonyl (C=O) groups excluding carboxylic acids is 2. The van der Waals surface area contributed by atoms with Gasteiger partial charge in [-0.3, -0.25) is 9.59 Å². The van der Waals surface area contributed by atoms with Crippen LogP contribution in [-0.2, 0) is 14.3 Å². The van der Waals surface area contributed by atoms with Crippen molar-refractivity contribution >= 4 is 11.9 Å². The van der Waals surface area contributed by atoms with Crippen LogP contribution in [0.5, 0.6) is 0 Å². The highest BCUT2D eigenvalue weighted by molar-refractivity contribution is 5.89. The third-order valence-electron chi connectivity index (χ3n) is 2.54. The fourth-order valence-corrected chi connectivity index (χ4v) is 1.77. The van der Waals surface area contributed by atoms with Crippen LogP contribution < -0.4 is 5.73 Å². The molecule has 2 unspecified atom stereocenters. The molecule has 2 N–H and O–H groups in total. The summed E-state index contributed by atoms with van der Waals surface area (Å²) in [5.41, 5.74) is 4.51. The van der Waals surface area contributed by atoms with Gasteiger partial charge in [0.2, 0.25) is 5.91 Å². The highest BCUT2D eigenvalue weighted by atomic mass is 16.5. The smallest absolute Gasteiger partial charge is 0.313 e. The number of rotatable bonds is 2. The van der Waals surface area contributed by atoms with Crippen molar-refractivity contribution in [3.63, 3.8) is 0 Å². The van der Waals surface area contributed by atoms with E-state index in [1.165, 1.54) is 0 Å². The van der Waals surface area contributed by atoms with Crippen LogP contribution in [0.2, 0.25) is 0 Å². The molecule has 4 heteroatoms. The molecule has 0 aromatic rings. The van der Waals surface area contributed by atoms with E-state index in [-0.39, 0.29) is 18.3 Å². The zero-order valence-corrected chi connectivity index (χ0v) is 6.00. The van der Waals surface area contributed by atoms with Gasteiger partial charge in [-0.2, -0.15) is 0 Å². The number of hydrogen-bond donors (Lipinski definition) is 1. The Hall–Kier alpha value is -1.06. The molecule has 1 amide bonds. The maximum Gasteiger partial charge on any atom is 0.313 e. The van der Waals surface area contributed by atoms with Crippen molar-refractivity contribution in [1.82, 2.24) is 0 Å². The summed E-state index contributed by atoms with van der Waals surface area (Å²) in [5, 5.41) is 0. The van der Waals surface area contributed by atoms with E-state index in [0.29, 0.717) is 6.61 Å². The average molecular weight is 155 g/mol. The molecule has 0 spiro atoms. The number of amides is 1. The number of carbonyl (C=O) groups is 2. The third-order valence-corrected chi connectivity index (χ3v) is 2.54.